The first-order valence-corrected chi connectivity index (χ1v) is 11.6. The van der Waals surface area contributed by atoms with Crippen molar-refractivity contribution in [2.24, 2.45) is 5.92 Å². The lowest BCUT2D eigenvalue weighted by Crippen LogP contribution is -2.46. The Morgan fingerprint density at radius 2 is 1.75 bits per heavy atom. The third kappa shape index (κ3) is 6.82. The number of carbonyl (C=O) groups excluding carboxylic acids is 2. The minimum atomic E-state index is -0.371. The summed E-state index contributed by atoms with van der Waals surface area (Å²) in [6, 6.07) is 16.0. The summed E-state index contributed by atoms with van der Waals surface area (Å²) in [6.07, 6.45) is 1.29. The highest BCUT2D eigenvalue weighted by Crippen LogP contribution is 2.29. The van der Waals surface area contributed by atoms with Crippen LogP contribution in [-0.2, 0) is 16.1 Å². The van der Waals surface area contributed by atoms with Gasteiger partial charge in [-0.25, -0.2) is 4.79 Å². The third-order valence-electron chi connectivity index (χ3n) is 5.69. The second-order valence-corrected chi connectivity index (χ2v) is 8.68. The third-order valence-corrected chi connectivity index (χ3v) is 5.69. The van der Waals surface area contributed by atoms with Crippen molar-refractivity contribution in [2.45, 2.75) is 40.2 Å². The molecular weight excluding hydrogens is 402 g/mol. The van der Waals surface area contributed by atoms with Crippen LogP contribution in [0.4, 0.5) is 11.4 Å². The molecule has 0 saturated carbocycles. The largest absolute Gasteiger partial charge is 0.462 e. The number of benzene rings is 2. The Labute approximate surface area is 191 Å². The Kier molecular flexibility index (Phi) is 8.68. The molecule has 1 aliphatic heterocycles. The average Bonchev–Trinajstić information content (AvgIpc) is 2.79. The monoisotopic (exact) mass is 437 g/mol. The highest BCUT2D eigenvalue weighted by Gasteiger charge is 2.21. The fourth-order valence-electron chi connectivity index (χ4n) is 3.87. The highest BCUT2D eigenvalue weighted by atomic mass is 16.5. The summed E-state index contributed by atoms with van der Waals surface area (Å²) in [6.45, 7) is 10.9. The molecule has 172 valence electrons. The number of nitrogens with zero attached hydrogens (tertiary/aromatic N) is 2. The van der Waals surface area contributed by atoms with Crippen LogP contribution in [0.25, 0.3) is 0 Å². The van der Waals surface area contributed by atoms with E-state index in [1.54, 1.807) is 19.1 Å². The van der Waals surface area contributed by atoms with Gasteiger partial charge in [-0.2, -0.15) is 0 Å². The number of ether oxygens (including phenoxy) is 1. The van der Waals surface area contributed by atoms with Gasteiger partial charge in [0, 0.05) is 39.1 Å². The molecule has 0 aliphatic carbocycles. The lowest BCUT2D eigenvalue weighted by atomic mass is 10.1. The second-order valence-electron chi connectivity index (χ2n) is 8.68. The molecule has 1 fully saturated rings. The molecule has 1 amide bonds. The molecule has 6 heteroatoms. The maximum absolute atomic E-state index is 12.6. The van der Waals surface area contributed by atoms with Crippen LogP contribution in [0.3, 0.4) is 0 Å². The number of rotatable bonds is 9. The first-order chi connectivity index (χ1) is 15.5. The van der Waals surface area contributed by atoms with Crippen LogP contribution in [-0.4, -0.2) is 49.6 Å². The normalized spacial score (nSPS) is 14.4. The van der Waals surface area contributed by atoms with Gasteiger partial charge >= 0.3 is 5.97 Å². The number of amides is 1. The van der Waals surface area contributed by atoms with Crippen molar-refractivity contribution < 1.29 is 14.3 Å². The molecule has 0 aromatic heterocycles. The van der Waals surface area contributed by atoms with E-state index in [9.17, 15) is 9.59 Å². The average molecular weight is 438 g/mol. The molecule has 3 rings (SSSR count). The van der Waals surface area contributed by atoms with Crippen molar-refractivity contribution in [3.05, 3.63) is 59.7 Å². The van der Waals surface area contributed by atoms with Gasteiger partial charge in [-0.05, 0) is 43.0 Å². The minimum absolute atomic E-state index is 0.0244. The van der Waals surface area contributed by atoms with Gasteiger partial charge in [0.2, 0.25) is 5.91 Å². The molecule has 1 N–H and O–H groups in total. The fraction of sp³-hybridized carbons (Fsp3) is 0.462. The van der Waals surface area contributed by atoms with Gasteiger partial charge in [-0.1, -0.05) is 44.2 Å². The number of piperazine rings is 1. The van der Waals surface area contributed by atoms with Gasteiger partial charge in [0.25, 0.3) is 0 Å². The van der Waals surface area contributed by atoms with Crippen LogP contribution in [0, 0.1) is 5.92 Å². The molecule has 0 atom stereocenters. The Balaban J connectivity index is 1.71. The topological polar surface area (TPSA) is 61.9 Å². The van der Waals surface area contributed by atoms with Gasteiger partial charge < -0.3 is 15.0 Å². The van der Waals surface area contributed by atoms with Gasteiger partial charge in [0.1, 0.15) is 0 Å². The zero-order valence-corrected chi connectivity index (χ0v) is 19.5. The number of hydrogen-bond donors (Lipinski definition) is 1. The smallest absolute Gasteiger partial charge is 0.338 e. The van der Waals surface area contributed by atoms with E-state index in [2.05, 4.69) is 53.2 Å². The number of hydrogen-bond acceptors (Lipinski definition) is 5. The zero-order valence-electron chi connectivity index (χ0n) is 19.5. The van der Waals surface area contributed by atoms with Crippen LogP contribution in [0.2, 0.25) is 0 Å². The Hall–Kier alpha value is -2.86. The van der Waals surface area contributed by atoms with E-state index in [-0.39, 0.29) is 11.9 Å². The molecule has 32 heavy (non-hydrogen) atoms. The van der Waals surface area contributed by atoms with E-state index in [0.29, 0.717) is 30.2 Å². The summed E-state index contributed by atoms with van der Waals surface area (Å²) < 4.78 is 5.15. The molecule has 2 aromatic rings. The molecule has 0 radical (unpaired) electrons. The minimum Gasteiger partial charge on any atom is -0.462 e. The van der Waals surface area contributed by atoms with Crippen molar-refractivity contribution in [3.8, 4) is 0 Å². The Morgan fingerprint density at radius 1 is 1.03 bits per heavy atom. The molecular formula is C26H35N3O3. The maximum Gasteiger partial charge on any atom is 0.338 e. The lowest BCUT2D eigenvalue weighted by Gasteiger charge is -2.37. The van der Waals surface area contributed by atoms with E-state index in [0.717, 1.165) is 44.8 Å². The predicted octanol–water partition coefficient (Wildman–Crippen LogP) is 4.56. The SMILES string of the molecule is CCOC(=O)c1ccc(N2CCN(Cc3ccccc3)CC2)c(NC(=O)CCC(C)C)c1. The number of nitrogens with one attached hydrogen (secondary N) is 1. The summed E-state index contributed by atoms with van der Waals surface area (Å²) in [5, 5.41) is 3.05. The maximum atomic E-state index is 12.6. The van der Waals surface area contributed by atoms with Crippen LogP contribution < -0.4 is 10.2 Å². The number of carbonyl (C=O) groups is 2. The highest BCUT2D eigenvalue weighted by molar-refractivity contribution is 5.98. The van der Waals surface area contributed by atoms with Crippen molar-refractivity contribution in [1.29, 1.82) is 0 Å². The summed E-state index contributed by atoms with van der Waals surface area (Å²) in [5.74, 6) is 0.0665. The first kappa shape index (κ1) is 23.8. The molecule has 2 aromatic carbocycles. The van der Waals surface area contributed by atoms with Gasteiger partial charge in [-0.15, -0.1) is 0 Å². The first-order valence-electron chi connectivity index (χ1n) is 11.6. The van der Waals surface area contributed by atoms with Crippen molar-refractivity contribution in [1.82, 2.24) is 4.90 Å². The van der Waals surface area contributed by atoms with E-state index in [4.69, 9.17) is 4.74 Å². The summed E-state index contributed by atoms with van der Waals surface area (Å²) >= 11 is 0. The molecule has 1 saturated heterocycles. The van der Waals surface area contributed by atoms with Crippen LogP contribution in [0.5, 0.6) is 0 Å². The fourth-order valence-corrected chi connectivity index (χ4v) is 3.87. The molecule has 0 bridgehead atoms. The van der Waals surface area contributed by atoms with Crippen LogP contribution in [0.1, 0.15) is 49.5 Å². The lowest BCUT2D eigenvalue weighted by molar-refractivity contribution is -0.116. The van der Waals surface area contributed by atoms with Crippen molar-refractivity contribution in [3.63, 3.8) is 0 Å². The molecule has 1 heterocycles. The zero-order chi connectivity index (χ0) is 22.9. The Morgan fingerprint density at radius 3 is 2.41 bits per heavy atom. The van der Waals surface area contributed by atoms with Gasteiger partial charge in [-0.3, -0.25) is 9.69 Å². The molecule has 1 aliphatic rings. The molecule has 6 nitrogen and oxygen atoms in total. The van der Waals surface area contributed by atoms with E-state index in [1.807, 2.05) is 12.1 Å². The van der Waals surface area contributed by atoms with Crippen molar-refractivity contribution in [2.75, 3.05) is 43.0 Å². The van der Waals surface area contributed by atoms with Crippen molar-refractivity contribution >= 4 is 23.3 Å². The van der Waals surface area contributed by atoms with Crippen LogP contribution >= 0.6 is 0 Å². The number of anilines is 2. The quantitative estimate of drug-likeness (QED) is 0.583. The van der Waals surface area contributed by atoms with Crippen LogP contribution in [0.15, 0.2) is 48.5 Å². The molecule has 0 unspecified atom stereocenters. The van der Waals surface area contributed by atoms with E-state index in [1.165, 1.54) is 5.56 Å². The van der Waals surface area contributed by atoms with Gasteiger partial charge in [0.15, 0.2) is 0 Å². The Bertz CT molecular complexity index is 890. The summed E-state index contributed by atoms with van der Waals surface area (Å²) in [5.41, 5.74) is 3.41. The van der Waals surface area contributed by atoms with E-state index >= 15 is 0 Å². The second kappa shape index (κ2) is 11.7. The molecule has 0 spiro atoms. The predicted molar refractivity (Wildman–Crippen MR) is 129 cm³/mol. The van der Waals surface area contributed by atoms with E-state index < -0.39 is 0 Å². The standard InChI is InChI=1S/C26H35N3O3/c1-4-32-26(31)22-11-12-24(23(18-22)27-25(30)13-10-20(2)3)29-16-14-28(15-17-29)19-21-8-6-5-7-9-21/h5-9,11-12,18,20H,4,10,13-17,19H2,1-3H3,(H,27,30). The summed E-state index contributed by atoms with van der Waals surface area (Å²) in [7, 11) is 0. The summed E-state index contributed by atoms with van der Waals surface area (Å²) in [4.78, 5) is 29.5. The number of esters is 1. The van der Waals surface area contributed by atoms with Gasteiger partial charge in [0.05, 0.1) is 23.5 Å².